The van der Waals surface area contributed by atoms with E-state index < -0.39 is 0 Å². The summed E-state index contributed by atoms with van der Waals surface area (Å²) in [5.41, 5.74) is 0. The summed E-state index contributed by atoms with van der Waals surface area (Å²) in [6.07, 6.45) is 5.55. The Labute approximate surface area is 64.8 Å². The highest BCUT2D eigenvalue weighted by Gasteiger charge is 2.20. The largest absolute Gasteiger partial charge is 0.251 e. The summed E-state index contributed by atoms with van der Waals surface area (Å²) >= 11 is 5.85. The zero-order valence-electron chi connectivity index (χ0n) is 5.63. The standard InChI is InChI=1S/C7H9ClN2/c8-7-4-5-9-10(7)6-2-1-3-6/h4-6H,1-3H2. The lowest BCUT2D eigenvalue weighted by Gasteiger charge is -2.26. The molecule has 1 saturated carbocycles. The van der Waals surface area contributed by atoms with E-state index in [1.165, 1.54) is 19.3 Å². The van der Waals surface area contributed by atoms with Crippen LogP contribution >= 0.6 is 11.6 Å². The van der Waals surface area contributed by atoms with Gasteiger partial charge >= 0.3 is 0 Å². The molecule has 0 radical (unpaired) electrons. The zero-order chi connectivity index (χ0) is 6.97. The molecule has 2 rings (SSSR count). The van der Waals surface area contributed by atoms with Crippen molar-refractivity contribution in [2.45, 2.75) is 25.3 Å². The summed E-state index contributed by atoms with van der Waals surface area (Å²) < 4.78 is 1.91. The van der Waals surface area contributed by atoms with E-state index >= 15 is 0 Å². The molecule has 3 heteroatoms. The second-order valence-electron chi connectivity index (χ2n) is 2.68. The highest BCUT2D eigenvalue weighted by Crippen LogP contribution is 2.32. The van der Waals surface area contributed by atoms with E-state index in [9.17, 15) is 0 Å². The monoisotopic (exact) mass is 156 g/mol. The van der Waals surface area contributed by atoms with Crippen molar-refractivity contribution in [3.8, 4) is 0 Å². The summed E-state index contributed by atoms with van der Waals surface area (Å²) in [4.78, 5) is 0. The summed E-state index contributed by atoms with van der Waals surface area (Å²) in [5, 5.41) is 4.89. The van der Waals surface area contributed by atoms with Crippen LogP contribution in [-0.2, 0) is 0 Å². The fourth-order valence-electron chi connectivity index (χ4n) is 1.20. The molecule has 1 aromatic rings. The normalized spacial score (nSPS) is 18.9. The van der Waals surface area contributed by atoms with Crippen LogP contribution < -0.4 is 0 Å². The molecule has 1 heterocycles. The lowest BCUT2D eigenvalue weighted by Crippen LogP contribution is -2.17. The van der Waals surface area contributed by atoms with Gasteiger partial charge in [0, 0.05) is 0 Å². The first-order valence-corrected chi connectivity index (χ1v) is 3.95. The van der Waals surface area contributed by atoms with Gasteiger partial charge in [0.15, 0.2) is 0 Å². The number of hydrogen-bond acceptors (Lipinski definition) is 1. The molecule has 0 N–H and O–H groups in total. The molecule has 1 aromatic heterocycles. The third-order valence-electron chi connectivity index (χ3n) is 2.04. The summed E-state index contributed by atoms with van der Waals surface area (Å²) in [6.45, 7) is 0. The van der Waals surface area contributed by atoms with Crippen LogP contribution in [0, 0.1) is 0 Å². The van der Waals surface area contributed by atoms with Gasteiger partial charge in [0.05, 0.1) is 12.2 Å². The van der Waals surface area contributed by atoms with Crippen molar-refractivity contribution in [3.05, 3.63) is 17.4 Å². The lowest BCUT2D eigenvalue weighted by atomic mass is 9.93. The smallest absolute Gasteiger partial charge is 0.127 e. The van der Waals surface area contributed by atoms with Crippen LogP contribution in [0.3, 0.4) is 0 Å². The minimum absolute atomic E-state index is 0.586. The number of halogens is 1. The molecule has 0 aliphatic heterocycles. The van der Waals surface area contributed by atoms with E-state index in [1.807, 2.05) is 10.7 Å². The molecule has 10 heavy (non-hydrogen) atoms. The van der Waals surface area contributed by atoms with Crippen molar-refractivity contribution >= 4 is 11.6 Å². The van der Waals surface area contributed by atoms with Crippen LogP contribution in [0.5, 0.6) is 0 Å². The van der Waals surface area contributed by atoms with Crippen LogP contribution in [0.15, 0.2) is 12.3 Å². The highest BCUT2D eigenvalue weighted by atomic mass is 35.5. The molecular weight excluding hydrogens is 148 g/mol. The second kappa shape index (κ2) is 2.27. The third kappa shape index (κ3) is 0.833. The Morgan fingerprint density at radius 2 is 2.40 bits per heavy atom. The fraction of sp³-hybridized carbons (Fsp3) is 0.571. The molecule has 1 aliphatic carbocycles. The van der Waals surface area contributed by atoms with Gasteiger partial charge in [-0.1, -0.05) is 11.6 Å². The van der Waals surface area contributed by atoms with Gasteiger partial charge in [0.1, 0.15) is 5.15 Å². The van der Waals surface area contributed by atoms with E-state index in [-0.39, 0.29) is 0 Å². The lowest BCUT2D eigenvalue weighted by molar-refractivity contribution is 0.290. The van der Waals surface area contributed by atoms with Gasteiger partial charge in [-0.2, -0.15) is 5.10 Å². The zero-order valence-corrected chi connectivity index (χ0v) is 6.38. The van der Waals surface area contributed by atoms with Crippen molar-refractivity contribution in [3.63, 3.8) is 0 Å². The number of nitrogens with zero attached hydrogens (tertiary/aromatic N) is 2. The molecule has 1 fully saturated rings. The topological polar surface area (TPSA) is 17.8 Å². The summed E-state index contributed by atoms with van der Waals surface area (Å²) in [5.74, 6) is 0. The Kier molecular flexibility index (Phi) is 1.42. The molecular formula is C7H9ClN2. The Morgan fingerprint density at radius 1 is 1.60 bits per heavy atom. The van der Waals surface area contributed by atoms with Gasteiger partial charge < -0.3 is 0 Å². The van der Waals surface area contributed by atoms with E-state index in [1.54, 1.807) is 6.20 Å². The molecule has 0 aromatic carbocycles. The average Bonchev–Trinajstić information content (AvgIpc) is 2.12. The summed E-state index contributed by atoms with van der Waals surface area (Å²) in [7, 11) is 0. The molecule has 0 bridgehead atoms. The first-order valence-electron chi connectivity index (χ1n) is 3.57. The highest BCUT2D eigenvalue weighted by molar-refractivity contribution is 6.29. The quantitative estimate of drug-likeness (QED) is 0.610. The van der Waals surface area contributed by atoms with Crippen LogP contribution in [0.4, 0.5) is 0 Å². The van der Waals surface area contributed by atoms with E-state index in [2.05, 4.69) is 5.10 Å². The first-order chi connectivity index (χ1) is 4.88. The van der Waals surface area contributed by atoms with Crippen molar-refractivity contribution in [2.24, 2.45) is 0 Å². The third-order valence-corrected chi connectivity index (χ3v) is 2.34. The maximum absolute atomic E-state index is 5.85. The van der Waals surface area contributed by atoms with Crippen molar-refractivity contribution in [1.29, 1.82) is 0 Å². The van der Waals surface area contributed by atoms with Gasteiger partial charge in [-0.05, 0) is 25.3 Å². The van der Waals surface area contributed by atoms with Gasteiger partial charge in [0.2, 0.25) is 0 Å². The van der Waals surface area contributed by atoms with Crippen LogP contribution in [0.1, 0.15) is 25.3 Å². The van der Waals surface area contributed by atoms with E-state index in [0.717, 1.165) is 5.15 Å². The molecule has 54 valence electrons. The molecule has 0 unspecified atom stereocenters. The van der Waals surface area contributed by atoms with Gasteiger partial charge in [-0.15, -0.1) is 0 Å². The van der Waals surface area contributed by atoms with Gasteiger partial charge in [-0.25, -0.2) is 0 Å². The number of aromatic nitrogens is 2. The maximum Gasteiger partial charge on any atom is 0.127 e. The molecule has 2 nitrogen and oxygen atoms in total. The molecule has 1 aliphatic rings. The van der Waals surface area contributed by atoms with Crippen LogP contribution in [-0.4, -0.2) is 9.78 Å². The van der Waals surface area contributed by atoms with Crippen LogP contribution in [0.25, 0.3) is 0 Å². The van der Waals surface area contributed by atoms with E-state index in [0.29, 0.717) is 6.04 Å². The predicted octanol–water partition coefficient (Wildman–Crippen LogP) is 2.26. The Hall–Kier alpha value is -0.500. The Bertz CT molecular complexity index is 227. The van der Waals surface area contributed by atoms with Crippen LogP contribution in [0.2, 0.25) is 5.15 Å². The summed E-state index contributed by atoms with van der Waals surface area (Å²) in [6, 6.07) is 2.42. The number of rotatable bonds is 1. The maximum atomic E-state index is 5.85. The molecule has 0 amide bonds. The van der Waals surface area contributed by atoms with Crippen molar-refractivity contribution in [1.82, 2.24) is 9.78 Å². The minimum Gasteiger partial charge on any atom is -0.251 e. The van der Waals surface area contributed by atoms with Crippen molar-refractivity contribution < 1.29 is 0 Å². The first kappa shape index (κ1) is 6.23. The number of hydrogen-bond donors (Lipinski definition) is 0. The van der Waals surface area contributed by atoms with Crippen molar-refractivity contribution in [2.75, 3.05) is 0 Å². The minimum atomic E-state index is 0.586. The van der Waals surface area contributed by atoms with Gasteiger partial charge in [-0.3, -0.25) is 4.68 Å². The Balaban J connectivity index is 2.23. The average molecular weight is 157 g/mol. The van der Waals surface area contributed by atoms with E-state index in [4.69, 9.17) is 11.6 Å². The molecule has 0 spiro atoms. The fourth-order valence-corrected chi connectivity index (χ4v) is 1.44. The molecule has 0 atom stereocenters. The van der Waals surface area contributed by atoms with Gasteiger partial charge in [0.25, 0.3) is 0 Å². The predicted molar refractivity (Wildman–Crippen MR) is 40.1 cm³/mol. The SMILES string of the molecule is Clc1ccnn1C1CCC1. The second-order valence-corrected chi connectivity index (χ2v) is 3.07. The molecule has 0 saturated heterocycles. The Morgan fingerprint density at radius 3 is 2.80 bits per heavy atom.